The topological polar surface area (TPSA) is 26.3 Å². The number of ether oxygens (including phenoxy) is 1. The number of hydrogen-bond donors (Lipinski definition) is 0. The fourth-order valence-corrected chi connectivity index (χ4v) is 2.47. The summed E-state index contributed by atoms with van der Waals surface area (Å²) in [4.78, 5) is 12.0. The molecule has 0 bridgehead atoms. The molecule has 0 saturated carbocycles. The Bertz CT molecular complexity index is 401. The fourth-order valence-electron chi connectivity index (χ4n) is 2.47. The summed E-state index contributed by atoms with van der Waals surface area (Å²) >= 11 is 0. The van der Waals surface area contributed by atoms with Gasteiger partial charge in [-0.05, 0) is 51.0 Å². The average Bonchev–Trinajstić information content (AvgIpc) is 2.26. The minimum absolute atomic E-state index is 0.0842. The molecule has 0 aromatic heterocycles. The van der Waals surface area contributed by atoms with E-state index in [0.29, 0.717) is 18.3 Å². The van der Waals surface area contributed by atoms with Crippen LogP contribution in [-0.2, 0) is 16.0 Å². The highest BCUT2D eigenvalue weighted by Crippen LogP contribution is 2.22. The van der Waals surface area contributed by atoms with Crippen molar-refractivity contribution in [2.24, 2.45) is 11.8 Å². The van der Waals surface area contributed by atoms with Crippen LogP contribution in [0.4, 0.5) is 0 Å². The normalized spacial score (nSPS) is 13.3. The van der Waals surface area contributed by atoms with Gasteiger partial charge in [0, 0.05) is 6.42 Å². The number of hydrogen-bond acceptors (Lipinski definition) is 2. The lowest BCUT2D eigenvalue weighted by Gasteiger charge is -2.23. The second kappa shape index (κ2) is 7.47. The standard InChI is InChI=1S/C18H28O2/c1-14(2)11-16(12-15-9-7-6-8-10-15)13-17(19)20-18(3,4)5/h6-10,14,16H,11-13H2,1-5H3/t16-/m1/s1. The van der Waals surface area contributed by atoms with E-state index in [2.05, 4.69) is 38.1 Å². The van der Waals surface area contributed by atoms with Gasteiger partial charge in [0.15, 0.2) is 0 Å². The lowest BCUT2D eigenvalue weighted by atomic mass is 9.88. The zero-order valence-electron chi connectivity index (χ0n) is 13.5. The third-order valence-corrected chi connectivity index (χ3v) is 3.05. The van der Waals surface area contributed by atoms with Gasteiger partial charge >= 0.3 is 5.97 Å². The van der Waals surface area contributed by atoms with E-state index in [-0.39, 0.29) is 5.97 Å². The number of benzene rings is 1. The van der Waals surface area contributed by atoms with E-state index in [9.17, 15) is 4.79 Å². The Morgan fingerprint density at radius 1 is 1.15 bits per heavy atom. The lowest BCUT2D eigenvalue weighted by molar-refractivity contribution is -0.156. The van der Waals surface area contributed by atoms with Gasteiger partial charge in [-0.1, -0.05) is 44.2 Å². The summed E-state index contributed by atoms with van der Waals surface area (Å²) in [5, 5.41) is 0. The third kappa shape index (κ3) is 7.32. The smallest absolute Gasteiger partial charge is 0.306 e. The highest BCUT2D eigenvalue weighted by atomic mass is 16.6. The molecule has 20 heavy (non-hydrogen) atoms. The Labute approximate surface area is 123 Å². The molecule has 0 aliphatic rings. The molecule has 0 heterocycles. The monoisotopic (exact) mass is 276 g/mol. The maximum absolute atomic E-state index is 12.0. The molecule has 0 unspecified atom stereocenters. The fraction of sp³-hybridized carbons (Fsp3) is 0.611. The molecule has 0 aliphatic carbocycles. The van der Waals surface area contributed by atoms with Gasteiger partial charge in [0.25, 0.3) is 0 Å². The largest absolute Gasteiger partial charge is 0.460 e. The molecule has 0 fully saturated rings. The minimum Gasteiger partial charge on any atom is -0.460 e. The third-order valence-electron chi connectivity index (χ3n) is 3.05. The summed E-state index contributed by atoms with van der Waals surface area (Å²) in [5.41, 5.74) is 0.897. The first-order valence-corrected chi connectivity index (χ1v) is 7.52. The van der Waals surface area contributed by atoms with E-state index < -0.39 is 5.60 Å². The van der Waals surface area contributed by atoms with Gasteiger partial charge in [-0.2, -0.15) is 0 Å². The van der Waals surface area contributed by atoms with Crippen LogP contribution >= 0.6 is 0 Å². The van der Waals surface area contributed by atoms with Gasteiger partial charge < -0.3 is 4.74 Å². The van der Waals surface area contributed by atoms with E-state index >= 15 is 0 Å². The van der Waals surface area contributed by atoms with Gasteiger partial charge in [0.05, 0.1) is 0 Å². The van der Waals surface area contributed by atoms with Crippen LogP contribution in [0.5, 0.6) is 0 Å². The van der Waals surface area contributed by atoms with Crippen molar-refractivity contribution in [1.29, 1.82) is 0 Å². The lowest BCUT2D eigenvalue weighted by Crippen LogP contribution is -2.26. The minimum atomic E-state index is -0.397. The summed E-state index contributed by atoms with van der Waals surface area (Å²) in [6, 6.07) is 10.4. The van der Waals surface area contributed by atoms with Crippen LogP contribution in [0.1, 0.15) is 53.0 Å². The summed E-state index contributed by atoms with van der Waals surface area (Å²) in [6.07, 6.45) is 2.50. The number of esters is 1. The Morgan fingerprint density at radius 3 is 2.25 bits per heavy atom. The predicted molar refractivity (Wildman–Crippen MR) is 83.6 cm³/mol. The zero-order chi connectivity index (χ0) is 15.2. The summed E-state index contributed by atoms with van der Waals surface area (Å²) in [6.45, 7) is 10.2. The van der Waals surface area contributed by atoms with Crippen LogP contribution in [0.2, 0.25) is 0 Å². The van der Waals surface area contributed by atoms with Gasteiger partial charge in [-0.3, -0.25) is 4.79 Å². The molecular formula is C18H28O2. The molecule has 112 valence electrons. The molecular weight excluding hydrogens is 248 g/mol. The Hall–Kier alpha value is -1.31. The number of carbonyl (C=O) groups is 1. The maximum atomic E-state index is 12.0. The Morgan fingerprint density at radius 2 is 1.75 bits per heavy atom. The van der Waals surface area contributed by atoms with Crippen LogP contribution in [0.25, 0.3) is 0 Å². The van der Waals surface area contributed by atoms with Crippen molar-refractivity contribution in [2.75, 3.05) is 0 Å². The number of rotatable bonds is 6. The molecule has 0 amide bonds. The van der Waals surface area contributed by atoms with E-state index in [1.54, 1.807) is 0 Å². The molecule has 2 heteroatoms. The van der Waals surface area contributed by atoms with Crippen molar-refractivity contribution < 1.29 is 9.53 Å². The van der Waals surface area contributed by atoms with E-state index in [1.807, 2.05) is 26.8 Å². The second-order valence-electron chi connectivity index (χ2n) is 6.98. The van der Waals surface area contributed by atoms with Crippen LogP contribution in [0.3, 0.4) is 0 Å². The van der Waals surface area contributed by atoms with E-state index in [4.69, 9.17) is 4.74 Å². The van der Waals surface area contributed by atoms with Crippen molar-refractivity contribution in [3.63, 3.8) is 0 Å². The van der Waals surface area contributed by atoms with Gasteiger partial charge in [-0.15, -0.1) is 0 Å². The molecule has 0 spiro atoms. The Kier molecular flexibility index (Phi) is 6.25. The summed E-state index contributed by atoms with van der Waals surface area (Å²) in [7, 11) is 0. The SMILES string of the molecule is CC(C)C[C@@H](CC(=O)OC(C)(C)C)Cc1ccccc1. The van der Waals surface area contributed by atoms with Crippen LogP contribution in [0, 0.1) is 11.8 Å². The average molecular weight is 276 g/mol. The van der Waals surface area contributed by atoms with Gasteiger partial charge in [0.1, 0.15) is 5.60 Å². The maximum Gasteiger partial charge on any atom is 0.306 e. The number of carbonyl (C=O) groups excluding carboxylic acids is 1. The first-order chi connectivity index (χ1) is 9.26. The predicted octanol–water partition coefficient (Wildman–Crippen LogP) is 4.62. The molecule has 1 aromatic rings. The van der Waals surface area contributed by atoms with Crippen molar-refractivity contribution in [1.82, 2.24) is 0 Å². The summed E-state index contributed by atoms with van der Waals surface area (Å²) in [5.74, 6) is 0.859. The van der Waals surface area contributed by atoms with E-state index in [0.717, 1.165) is 12.8 Å². The van der Waals surface area contributed by atoms with Crippen molar-refractivity contribution in [3.05, 3.63) is 35.9 Å². The molecule has 1 aromatic carbocycles. The van der Waals surface area contributed by atoms with Crippen molar-refractivity contribution in [3.8, 4) is 0 Å². The molecule has 0 radical (unpaired) electrons. The highest BCUT2D eigenvalue weighted by molar-refractivity contribution is 5.70. The van der Waals surface area contributed by atoms with Crippen molar-refractivity contribution >= 4 is 5.97 Å². The molecule has 0 saturated heterocycles. The first-order valence-electron chi connectivity index (χ1n) is 7.52. The van der Waals surface area contributed by atoms with E-state index in [1.165, 1.54) is 5.56 Å². The van der Waals surface area contributed by atoms with Crippen LogP contribution in [0.15, 0.2) is 30.3 Å². The van der Waals surface area contributed by atoms with Crippen molar-refractivity contribution in [2.45, 2.75) is 59.5 Å². The molecule has 1 atom stereocenters. The summed E-state index contributed by atoms with van der Waals surface area (Å²) < 4.78 is 5.45. The molecule has 0 N–H and O–H groups in total. The molecule has 0 aliphatic heterocycles. The van der Waals surface area contributed by atoms with Gasteiger partial charge in [0.2, 0.25) is 0 Å². The van der Waals surface area contributed by atoms with Gasteiger partial charge in [-0.25, -0.2) is 0 Å². The zero-order valence-corrected chi connectivity index (χ0v) is 13.5. The van der Waals surface area contributed by atoms with Crippen LogP contribution in [-0.4, -0.2) is 11.6 Å². The molecule has 2 nitrogen and oxygen atoms in total. The first kappa shape index (κ1) is 16.7. The van der Waals surface area contributed by atoms with Crippen LogP contribution < -0.4 is 0 Å². The molecule has 1 rings (SSSR count). The second-order valence-corrected chi connectivity index (χ2v) is 6.98. The Balaban J connectivity index is 2.63. The highest BCUT2D eigenvalue weighted by Gasteiger charge is 2.21. The quantitative estimate of drug-likeness (QED) is 0.708.